The van der Waals surface area contributed by atoms with Crippen molar-refractivity contribution in [2.45, 2.75) is 52.2 Å². The van der Waals surface area contributed by atoms with Gasteiger partial charge >= 0.3 is 0 Å². The minimum atomic E-state index is -2.54. The average molecular weight is 280 g/mol. The number of hydrogen-bond donors (Lipinski definition) is 2. The van der Waals surface area contributed by atoms with E-state index in [0.29, 0.717) is 5.92 Å². The number of hydrogen-bond acceptors (Lipinski definition) is 4. The van der Waals surface area contributed by atoms with Crippen LogP contribution in [0.1, 0.15) is 46.5 Å². The summed E-state index contributed by atoms with van der Waals surface area (Å²) in [5, 5.41) is 18.9. The Balaban J connectivity index is 2.53. The van der Waals surface area contributed by atoms with Crippen LogP contribution in [0.4, 0.5) is 0 Å². The Bertz CT molecular complexity index is 430. The molecule has 1 rings (SSSR count). The maximum atomic E-state index is 12.1. The van der Waals surface area contributed by atoms with E-state index in [2.05, 4.69) is 13.8 Å². The Labute approximate surface area is 120 Å². The molecule has 0 fully saturated rings. The predicted octanol–water partition coefficient (Wildman–Crippen LogP) is 2.15. The fourth-order valence-corrected chi connectivity index (χ4v) is 2.25. The van der Waals surface area contributed by atoms with Crippen molar-refractivity contribution in [3.05, 3.63) is 23.8 Å². The summed E-state index contributed by atoms with van der Waals surface area (Å²) in [5.41, 5.74) is -0.117. The van der Waals surface area contributed by atoms with Crippen molar-refractivity contribution in [1.82, 2.24) is 0 Å². The lowest BCUT2D eigenvalue weighted by atomic mass is 9.88. The third-order valence-electron chi connectivity index (χ3n) is 3.48. The zero-order chi connectivity index (χ0) is 15.3. The van der Waals surface area contributed by atoms with E-state index in [0.717, 1.165) is 25.3 Å². The standard InChI is InChI=1S/C16H24O4/c1-11(2)6-4-7-12(3)10-14(17)13-8-5-9-16(19,20)15(13)18/h5,8-9,11-12,19-20H,4,6-7,10H2,1-3H3. The van der Waals surface area contributed by atoms with Crippen LogP contribution in [0.25, 0.3) is 0 Å². The van der Waals surface area contributed by atoms with Crippen molar-refractivity contribution in [1.29, 1.82) is 0 Å². The Morgan fingerprint density at radius 2 is 1.90 bits per heavy atom. The van der Waals surface area contributed by atoms with Gasteiger partial charge in [-0.1, -0.05) is 46.1 Å². The summed E-state index contributed by atoms with van der Waals surface area (Å²) in [6.45, 7) is 6.30. The largest absolute Gasteiger partial charge is 0.356 e. The zero-order valence-corrected chi connectivity index (χ0v) is 12.4. The van der Waals surface area contributed by atoms with Crippen LogP contribution < -0.4 is 0 Å². The monoisotopic (exact) mass is 280 g/mol. The normalized spacial score (nSPS) is 19.1. The minimum absolute atomic E-state index is 0.117. The van der Waals surface area contributed by atoms with Gasteiger partial charge < -0.3 is 10.2 Å². The summed E-state index contributed by atoms with van der Waals surface area (Å²) in [6.07, 6.45) is 7.04. The number of Topliss-reactive ketones (excluding diaryl/α,β-unsaturated/α-hetero) is 2. The Morgan fingerprint density at radius 1 is 1.25 bits per heavy atom. The van der Waals surface area contributed by atoms with Gasteiger partial charge in [0.2, 0.25) is 11.6 Å². The molecule has 0 aromatic carbocycles. The SMILES string of the molecule is CC(C)CCCC(C)CC(=O)C1=CC=CC(O)(O)C1=O. The summed E-state index contributed by atoms with van der Waals surface area (Å²) in [4.78, 5) is 23.8. The van der Waals surface area contributed by atoms with E-state index in [1.54, 1.807) is 0 Å². The molecule has 2 N–H and O–H groups in total. The van der Waals surface area contributed by atoms with Gasteiger partial charge in [0.15, 0.2) is 5.78 Å². The fraction of sp³-hybridized carbons (Fsp3) is 0.625. The highest BCUT2D eigenvalue weighted by Gasteiger charge is 2.37. The van der Waals surface area contributed by atoms with E-state index in [1.165, 1.54) is 12.2 Å². The first-order valence-corrected chi connectivity index (χ1v) is 7.16. The maximum absolute atomic E-state index is 12.1. The molecule has 1 aliphatic rings. The van der Waals surface area contributed by atoms with Gasteiger partial charge in [-0.05, 0) is 24.0 Å². The van der Waals surface area contributed by atoms with Gasteiger partial charge in [0, 0.05) is 6.42 Å². The third-order valence-corrected chi connectivity index (χ3v) is 3.48. The van der Waals surface area contributed by atoms with E-state index in [4.69, 9.17) is 0 Å². The maximum Gasteiger partial charge on any atom is 0.249 e. The van der Waals surface area contributed by atoms with E-state index in [1.807, 2.05) is 6.92 Å². The topological polar surface area (TPSA) is 74.6 Å². The molecule has 0 aliphatic heterocycles. The van der Waals surface area contributed by atoms with Crippen LogP contribution >= 0.6 is 0 Å². The van der Waals surface area contributed by atoms with Crippen molar-refractivity contribution in [2.24, 2.45) is 11.8 Å². The molecule has 1 atom stereocenters. The van der Waals surface area contributed by atoms with Crippen LogP contribution in [0, 0.1) is 11.8 Å². The number of allylic oxidation sites excluding steroid dienone is 2. The van der Waals surface area contributed by atoms with Crippen molar-refractivity contribution < 1.29 is 19.8 Å². The van der Waals surface area contributed by atoms with Crippen LogP contribution in [-0.2, 0) is 9.59 Å². The lowest BCUT2D eigenvalue weighted by Gasteiger charge is -2.20. The van der Waals surface area contributed by atoms with Gasteiger partial charge in [-0.25, -0.2) is 0 Å². The van der Waals surface area contributed by atoms with E-state index in [-0.39, 0.29) is 23.7 Å². The fourth-order valence-electron chi connectivity index (χ4n) is 2.25. The number of carbonyl (C=O) groups excluding carboxylic acids is 2. The smallest absolute Gasteiger partial charge is 0.249 e. The highest BCUT2D eigenvalue weighted by Crippen LogP contribution is 2.22. The highest BCUT2D eigenvalue weighted by molar-refractivity contribution is 6.23. The summed E-state index contributed by atoms with van der Waals surface area (Å²) in [7, 11) is 0. The summed E-state index contributed by atoms with van der Waals surface area (Å²) < 4.78 is 0. The molecule has 4 heteroatoms. The van der Waals surface area contributed by atoms with Crippen LogP contribution in [0.15, 0.2) is 23.8 Å². The van der Waals surface area contributed by atoms with Crippen LogP contribution in [-0.4, -0.2) is 27.6 Å². The van der Waals surface area contributed by atoms with Crippen molar-refractivity contribution in [2.75, 3.05) is 0 Å². The average Bonchev–Trinajstić information content (AvgIpc) is 2.31. The van der Waals surface area contributed by atoms with Crippen LogP contribution in [0.5, 0.6) is 0 Å². The molecule has 0 saturated carbocycles. The van der Waals surface area contributed by atoms with Gasteiger partial charge in [-0.15, -0.1) is 0 Å². The van der Waals surface area contributed by atoms with Crippen molar-refractivity contribution in [3.63, 3.8) is 0 Å². The number of rotatable bonds is 7. The minimum Gasteiger partial charge on any atom is -0.356 e. The second-order valence-corrected chi connectivity index (χ2v) is 6.05. The van der Waals surface area contributed by atoms with Crippen LogP contribution in [0.3, 0.4) is 0 Å². The molecular weight excluding hydrogens is 256 g/mol. The number of aliphatic hydroxyl groups is 2. The molecular formula is C16H24O4. The van der Waals surface area contributed by atoms with Crippen LogP contribution in [0.2, 0.25) is 0 Å². The highest BCUT2D eigenvalue weighted by atomic mass is 16.5. The van der Waals surface area contributed by atoms with Gasteiger partial charge in [0.25, 0.3) is 0 Å². The Morgan fingerprint density at radius 3 is 2.50 bits per heavy atom. The second kappa shape index (κ2) is 6.95. The third kappa shape index (κ3) is 4.69. The van der Waals surface area contributed by atoms with E-state index >= 15 is 0 Å². The molecule has 0 amide bonds. The Kier molecular flexibility index (Phi) is 5.84. The molecule has 1 aliphatic carbocycles. The molecule has 0 radical (unpaired) electrons. The lowest BCUT2D eigenvalue weighted by molar-refractivity contribution is -0.162. The molecule has 0 bridgehead atoms. The molecule has 0 aromatic rings. The first-order valence-electron chi connectivity index (χ1n) is 7.16. The second-order valence-electron chi connectivity index (χ2n) is 6.05. The van der Waals surface area contributed by atoms with Gasteiger partial charge in [-0.2, -0.15) is 0 Å². The zero-order valence-electron chi connectivity index (χ0n) is 12.4. The molecule has 0 heterocycles. The molecule has 0 aromatic heterocycles. The van der Waals surface area contributed by atoms with Crippen molar-refractivity contribution >= 4 is 11.6 Å². The molecule has 112 valence electrons. The van der Waals surface area contributed by atoms with Gasteiger partial charge in [-0.3, -0.25) is 9.59 Å². The molecule has 1 unspecified atom stereocenters. The molecule has 20 heavy (non-hydrogen) atoms. The molecule has 0 spiro atoms. The summed E-state index contributed by atoms with van der Waals surface area (Å²) in [5.74, 6) is -2.95. The predicted molar refractivity (Wildman–Crippen MR) is 76.9 cm³/mol. The Hall–Kier alpha value is -1.26. The summed E-state index contributed by atoms with van der Waals surface area (Å²) in [6, 6.07) is 0. The molecule has 0 saturated heterocycles. The van der Waals surface area contributed by atoms with Gasteiger partial charge in [0.1, 0.15) is 0 Å². The quantitative estimate of drug-likeness (QED) is 0.553. The van der Waals surface area contributed by atoms with E-state index < -0.39 is 11.6 Å². The number of ketones is 2. The summed E-state index contributed by atoms with van der Waals surface area (Å²) >= 11 is 0. The lowest BCUT2D eigenvalue weighted by Crippen LogP contribution is -2.40. The first kappa shape index (κ1) is 16.8. The molecule has 4 nitrogen and oxygen atoms in total. The van der Waals surface area contributed by atoms with Gasteiger partial charge in [0.05, 0.1) is 5.57 Å². The van der Waals surface area contributed by atoms with E-state index in [9.17, 15) is 19.8 Å². The van der Waals surface area contributed by atoms with Crippen molar-refractivity contribution in [3.8, 4) is 0 Å². The number of carbonyl (C=O) groups is 2. The first-order chi connectivity index (χ1) is 9.24.